The van der Waals surface area contributed by atoms with Gasteiger partial charge in [-0.2, -0.15) is 0 Å². The summed E-state index contributed by atoms with van der Waals surface area (Å²) in [7, 11) is 1.60. The van der Waals surface area contributed by atoms with Crippen LogP contribution in [0.15, 0.2) is 29.2 Å². The molecule has 0 N–H and O–H groups in total. The van der Waals surface area contributed by atoms with Crippen LogP contribution in [0.1, 0.15) is 6.42 Å². The Balaban J connectivity index is 2.49. The number of methoxy groups -OCH3 is 1. The molecule has 1 aromatic carbocycles. The summed E-state index contributed by atoms with van der Waals surface area (Å²) < 4.78 is 5.05. The number of carbonyl (C=O) groups is 2. The lowest BCUT2D eigenvalue weighted by molar-refractivity contribution is -0.120. The second-order valence-electron chi connectivity index (χ2n) is 2.88. The van der Waals surface area contributed by atoms with E-state index < -0.39 is 0 Å². The first-order valence-electron chi connectivity index (χ1n) is 4.48. The fraction of sp³-hybridized carbons (Fsp3) is 0.273. The van der Waals surface area contributed by atoms with Crippen LogP contribution < -0.4 is 4.74 Å². The maximum Gasteiger partial charge on any atom is 0.150 e. The zero-order valence-electron chi connectivity index (χ0n) is 8.43. The van der Waals surface area contributed by atoms with E-state index in [1.165, 1.54) is 11.8 Å². The van der Waals surface area contributed by atoms with Gasteiger partial charge in [0, 0.05) is 4.90 Å². The number of benzene rings is 1. The molecule has 0 spiro atoms. The van der Waals surface area contributed by atoms with Crippen molar-refractivity contribution in [2.75, 3.05) is 12.9 Å². The van der Waals surface area contributed by atoms with Gasteiger partial charge in [-0.25, -0.2) is 0 Å². The van der Waals surface area contributed by atoms with Crippen LogP contribution in [0.5, 0.6) is 5.75 Å². The number of rotatable bonds is 6. The molecule has 0 aliphatic rings. The second kappa shape index (κ2) is 6.24. The van der Waals surface area contributed by atoms with E-state index in [0.717, 1.165) is 10.6 Å². The summed E-state index contributed by atoms with van der Waals surface area (Å²) in [6.07, 6.45) is 0.630. The Bertz CT molecular complexity index is 349. The Morgan fingerprint density at radius 1 is 1.53 bits per heavy atom. The number of ether oxygens (including phenoxy) is 1. The lowest BCUT2D eigenvalue weighted by Crippen LogP contribution is -2.01. The van der Waals surface area contributed by atoms with Crippen molar-refractivity contribution >= 4 is 23.8 Å². The third-order valence-electron chi connectivity index (χ3n) is 1.75. The molecular formula is C11H12O3S. The van der Waals surface area contributed by atoms with Crippen molar-refractivity contribution in [3.05, 3.63) is 24.3 Å². The third-order valence-corrected chi connectivity index (χ3v) is 2.81. The molecule has 0 amide bonds. The molecule has 0 saturated heterocycles. The summed E-state index contributed by atoms with van der Waals surface area (Å²) in [6.45, 7) is 0. The van der Waals surface area contributed by atoms with Gasteiger partial charge in [-0.1, -0.05) is 6.07 Å². The molecule has 0 fully saturated rings. The average molecular weight is 224 g/mol. The molecule has 0 radical (unpaired) electrons. The van der Waals surface area contributed by atoms with Crippen LogP contribution in [-0.2, 0) is 9.59 Å². The fourth-order valence-electron chi connectivity index (χ4n) is 1.01. The molecule has 0 unspecified atom stereocenters. The molecule has 4 heteroatoms. The SMILES string of the molecule is COc1cccc(SCC(=O)CC=O)c1. The molecule has 0 aliphatic carbocycles. The first-order chi connectivity index (χ1) is 7.26. The lowest BCUT2D eigenvalue weighted by atomic mass is 10.3. The first kappa shape index (κ1) is 11.8. The van der Waals surface area contributed by atoms with Crippen LogP contribution in [0.2, 0.25) is 0 Å². The minimum Gasteiger partial charge on any atom is -0.497 e. The molecule has 0 aromatic heterocycles. The van der Waals surface area contributed by atoms with E-state index in [2.05, 4.69) is 0 Å². The molecule has 15 heavy (non-hydrogen) atoms. The van der Waals surface area contributed by atoms with Gasteiger partial charge in [0.2, 0.25) is 0 Å². The number of hydrogen-bond acceptors (Lipinski definition) is 4. The van der Waals surface area contributed by atoms with Crippen LogP contribution in [0, 0.1) is 0 Å². The van der Waals surface area contributed by atoms with Gasteiger partial charge >= 0.3 is 0 Å². The maximum atomic E-state index is 11.1. The zero-order chi connectivity index (χ0) is 11.1. The maximum absolute atomic E-state index is 11.1. The van der Waals surface area contributed by atoms with Gasteiger partial charge in [-0.05, 0) is 18.2 Å². The van der Waals surface area contributed by atoms with Gasteiger partial charge in [0.15, 0.2) is 0 Å². The predicted octanol–water partition coefficient (Wildman–Crippen LogP) is 1.95. The van der Waals surface area contributed by atoms with Crippen molar-refractivity contribution in [3.8, 4) is 5.75 Å². The van der Waals surface area contributed by atoms with E-state index in [1.54, 1.807) is 7.11 Å². The molecule has 0 heterocycles. The Morgan fingerprint density at radius 2 is 2.33 bits per heavy atom. The standard InChI is InChI=1S/C11H12O3S/c1-14-10-3-2-4-11(7-10)15-8-9(13)5-6-12/h2-4,6-7H,5,8H2,1H3. The van der Waals surface area contributed by atoms with Crippen molar-refractivity contribution in [3.63, 3.8) is 0 Å². The van der Waals surface area contributed by atoms with Crippen molar-refractivity contribution in [2.24, 2.45) is 0 Å². The Hall–Kier alpha value is -1.29. The number of hydrogen-bond donors (Lipinski definition) is 0. The second-order valence-corrected chi connectivity index (χ2v) is 3.93. The number of carbonyl (C=O) groups excluding carboxylic acids is 2. The summed E-state index contributed by atoms with van der Waals surface area (Å²) >= 11 is 1.41. The largest absolute Gasteiger partial charge is 0.497 e. The third kappa shape index (κ3) is 4.16. The minimum absolute atomic E-state index is 0.00301. The zero-order valence-corrected chi connectivity index (χ0v) is 9.25. The number of Topliss-reactive ketones (excluding diaryl/α,β-unsaturated/α-hetero) is 1. The molecule has 0 atom stereocenters. The smallest absolute Gasteiger partial charge is 0.150 e. The number of ketones is 1. The highest BCUT2D eigenvalue weighted by atomic mass is 32.2. The predicted molar refractivity (Wildman–Crippen MR) is 59.4 cm³/mol. The topological polar surface area (TPSA) is 43.4 Å². The van der Waals surface area contributed by atoms with Gasteiger partial charge in [-0.3, -0.25) is 4.79 Å². The normalized spacial score (nSPS) is 9.67. The highest BCUT2D eigenvalue weighted by Gasteiger charge is 2.02. The van der Waals surface area contributed by atoms with Crippen molar-refractivity contribution < 1.29 is 14.3 Å². The van der Waals surface area contributed by atoms with Gasteiger partial charge in [-0.15, -0.1) is 11.8 Å². The molecule has 0 bridgehead atoms. The summed E-state index contributed by atoms with van der Waals surface area (Å²) in [4.78, 5) is 22.1. The average Bonchev–Trinajstić information content (AvgIpc) is 2.27. The highest BCUT2D eigenvalue weighted by Crippen LogP contribution is 2.22. The number of aldehydes is 1. The van der Waals surface area contributed by atoms with Gasteiger partial charge in [0.1, 0.15) is 17.8 Å². The van der Waals surface area contributed by atoms with E-state index >= 15 is 0 Å². The van der Waals surface area contributed by atoms with Crippen molar-refractivity contribution in [1.29, 1.82) is 0 Å². The molecule has 1 rings (SSSR count). The van der Waals surface area contributed by atoms with Crippen LogP contribution in [-0.4, -0.2) is 24.9 Å². The first-order valence-corrected chi connectivity index (χ1v) is 5.47. The van der Waals surface area contributed by atoms with E-state index in [0.29, 0.717) is 12.0 Å². The molecule has 1 aromatic rings. The Kier molecular flexibility index (Phi) is 4.90. The van der Waals surface area contributed by atoms with Crippen LogP contribution in [0.25, 0.3) is 0 Å². The van der Waals surface area contributed by atoms with Gasteiger partial charge in [0.05, 0.1) is 19.3 Å². The van der Waals surface area contributed by atoms with Crippen molar-refractivity contribution in [1.82, 2.24) is 0 Å². The summed E-state index contributed by atoms with van der Waals surface area (Å²) in [5.74, 6) is 1.03. The monoisotopic (exact) mass is 224 g/mol. The van der Waals surface area contributed by atoms with E-state index in [-0.39, 0.29) is 12.2 Å². The van der Waals surface area contributed by atoms with Crippen LogP contribution >= 0.6 is 11.8 Å². The summed E-state index contributed by atoms with van der Waals surface area (Å²) in [5, 5.41) is 0. The fourth-order valence-corrected chi connectivity index (χ4v) is 1.83. The van der Waals surface area contributed by atoms with E-state index in [4.69, 9.17) is 4.74 Å². The van der Waals surface area contributed by atoms with Crippen LogP contribution in [0.3, 0.4) is 0 Å². The molecule has 80 valence electrons. The highest BCUT2D eigenvalue weighted by molar-refractivity contribution is 8.00. The minimum atomic E-state index is -0.0576. The summed E-state index contributed by atoms with van der Waals surface area (Å²) in [6, 6.07) is 7.48. The molecular weight excluding hydrogens is 212 g/mol. The summed E-state index contributed by atoms with van der Waals surface area (Å²) in [5.41, 5.74) is 0. The lowest BCUT2D eigenvalue weighted by Gasteiger charge is -2.02. The van der Waals surface area contributed by atoms with Gasteiger partial charge in [0.25, 0.3) is 0 Å². The van der Waals surface area contributed by atoms with E-state index in [1.807, 2.05) is 24.3 Å². The van der Waals surface area contributed by atoms with Gasteiger partial charge < -0.3 is 9.53 Å². The Morgan fingerprint density at radius 3 is 3.00 bits per heavy atom. The van der Waals surface area contributed by atoms with Crippen LogP contribution in [0.4, 0.5) is 0 Å². The van der Waals surface area contributed by atoms with E-state index in [9.17, 15) is 9.59 Å². The Labute approximate surface area is 92.8 Å². The molecule has 0 aliphatic heterocycles. The quantitative estimate of drug-likeness (QED) is 0.421. The molecule has 0 saturated carbocycles. The molecule has 3 nitrogen and oxygen atoms in total. The van der Waals surface area contributed by atoms with Crippen molar-refractivity contribution in [2.45, 2.75) is 11.3 Å². The number of thioether (sulfide) groups is 1.